The minimum atomic E-state index is -3.50. The molecule has 2 aliphatic rings. The van der Waals surface area contributed by atoms with Crippen molar-refractivity contribution in [2.75, 3.05) is 76.2 Å². The first-order valence-electron chi connectivity index (χ1n) is 11.9. The summed E-state index contributed by atoms with van der Waals surface area (Å²) in [5.74, 6) is -0.0819. The van der Waals surface area contributed by atoms with E-state index in [1.165, 1.54) is 9.99 Å². The van der Waals surface area contributed by atoms with Crippen molar-refractivity contribution < 1.29 is 13.2 Å². The number of nitrogens with one attached hydrogen (secondary N) is 1. The van der Waals surface area contributed by atoms with Crippen molar-refractivity contribution in [3.05, 3.63) is 53.6 Å². The first kappa shape index (κ1) is 24.7. The van der Waals surface area contributed by atoms with Crippen LogP contribution in [0.15, 0.2) is 47.4 Å². The van der Waals surface area contributed by atoms with E-state index in [0.29, 0.717) is 31.1 Å². The van der Waals surface area contributed by atoms with Crippen LogP contribution in [-0.2, 0) is 14.8 Å². The highest BCUT2D eigenvalue weighted by molar-refractivity contribution is 7.89. The van der Waals surface area contributed by atoms with E-state index in [2.05, 4.69) is 35.2 Å². The molecule has 184 valence electrons. The molecule has 2 aromatic rings. The Balaban J connectivity index is 1.28. The summed E-state index contributed by atoms with van der Waals surface area (Å²) in [6, 6.07) is 13.0. The van der Waals surface area contributed by atoms with Crippen molar-refractivity contribution in [2.24, 2.45) is 0 Å². The van der Waals surface area contributed by atoms with Crippen molar-refractivity contribution in [2.45, 2.75) is 18.7 Å². The summed E-state index contributed by atoms with van der Waals surface area (Å²) in [5.41, 5.74) is 4.19. The van der Waals surface area contributed by atoms with E-state index in [9.17, 15) is 13.2 Å². The molecule has 0 radical (unpaired) electrons. The van der Waals surface area contributed by atoms with E-state index in [4.69, 9.17) is 0 Å². The Morgan fingerprint density at radius 3 is 2.15 bits per heavy atom. The second-order valence-corrected chi connectivity index (χ2v) is 11.3. The fourth-order valence-electron chi connectivity index (χ4n) is 4.53. The van der Waals surface area contributed by atoms with Gasteiger partial charge in [-0.2, -0.15) is 4.31 Å². The number of nitrogens with zero attached hydrogens (tertiary/aromatic N) is 4. The molecule has 34 heavy (non-hydrogen) atoms. The lowest BCUT2D eigenvalue weighted by Gasteiger charge is -2.35. The molecule has 2 heterocycles. The molecule has 0 aliphatic carbocycles. The Kier molecular flexibility index (Phi) is 7.57. The van der Waals surface area contributed by atoms with Crippen LogP contribution in [0.5, 0.6) is 0 Å². The fourth-order valence-corrected chi connectivity index (χ4v) is 5.95. The van der Waals surface area contributed by atoms with Crippen LogP contribution in [0.2, 0.25) is 0 Å². The Morgan fingerprint density at radius 2 is 1.53 bits per heavy atom. The van der Waals surface area contributed by atoms with Gasteiger partial charge in [-0.3, -0.25) is 9.69 Å². The third kappa shape index (κ3) is 5.78. The number of piperazine rings is 2. The zero-order valence-corrected chi connectivity index (χ0v) is 21.1. The van der Waals surface area contributed by atoms with Gasteiger partial charge in [0.05, 0.1) is 11.4 Å². The Hall–Kier alpha value is -2.46. The number of carbonyl (C=O) groups is 1. The molecule has 0 atom stereocenters. The van der Waals surface area contributed by atoms with Gasteiger partial charge in [0.25, 0.3) is 0 Å². The SMILES string of the molecule is Cc1ccc(S(=O)(=O)N2CCN(CC(=O)Nc3ccc(N4CCN(C)CC4)c(C)c3)CC2)cc1. The molecule has 2 fully saturated rings. The number of benzene rings is 2. The third-order valence-electron chi connectivity index (χ3n) is 6.68. The molecule has 0 spiro atoms. The molecule has 8 nitrogen and oxygen atoms in total. The Bertz CT molecular complexity index is 1100. The summed E-state index contributed by atoms with van der Waals surface area (Å²) in [7, 11) is -1.36. The van der Waals surface area contributed by atoms with Crippen LogP contribution >= 0.6 is 0 Å². The molecule has 0 unspecified atom stereocenters. The van der Waals surface area contributed by atoms with Crippen LogP contribution < -0.4 is 10.2 Å². The van der Waals surface area contributed by atoms with E-state index in [1.807, 2.05) is 36.1 Å². The van der Waals surface area contributed by atoms with Gasteiger partial charge >= 0.3 is 0 Å². The van der Waals surface area contributed by atoms with Crippen molar-refractivity contribution in [3.8, 4) is 0 Å². The van der Waals surface area contributed by atoms with Crippen LogP contribution in [0.1, 0.15) is 11.1 Å². The maximum absolute atomic E-state index is 12.9. The first-order chi connectivity index (χ1) is 16.2. The van der Waals surface area contributed by atoms with Crippen molar-refractivity contribution in [1.29, 1.82) is 0 Å². The van der Waals surface area contributed by atoms with E-state index in [1.54, 1.807) is 12.1 Å². The maximum Gasteiger partial charge on any atom is 0.243 e. The number of sulfonamides is 1. The second-order valence-electron chi connectivity index (χ2n) is 9.33. The number of hydrogen-bond acceptors (Lipinski definition) is 6. The highest BCUT2D eigenvalue weighted by Gasteiger charge is 2.29. The summed E-state index contributed by atoms with van der Waals surface area (Å²) in [4.78, 5) is 19.7. The number of amides is 1. The third-order valence-corrected chi connectivity index (χ3v) is 8.59. The average molecular weight is 486 g/mol. The van der Waals surface area contributed by atoms with Gasteiger partial charge < -0.3 is 15.1 Å². The van der Waals surface area contributed by atoms with E-state index in [-0.39, 0.29) is 12.5 Å². The molecule has 2 saturated heterocycles. The molecule has 0 saturated carbocycles. The normalized spacial score (nSPS) is 18.7. The van der Waals surface area contributed by atoms with Crippen molar-refractivity contribution in [3.63, 3.8) is 0 Å². The molecule has 0 bridgehead atoms. The van der Waals surface area contributed by atoms with E-state index >= 15 is 0 Å². The first-order valence-corrected chi connectivity index (χ1v) is 13.3. The average Bonchev–Trinajstić information content (AvgIpc) is 2.80. The van der Waals surface area contributed by atoms with E-state index < -0.39 is 10.0 Å². The smallest absolute Gasteiger partial charge is 0.243 e. The lowest BCUT2D eigenvalue weighted by Crippen LogP contribution is -2.50. The van der Waals surface area contributed by atoms with Crippen LogP contribution in [0.25, 0.3) is 0 Å². The van der Waals surface area contributed by atoms with Gasteiger partial charge in [-0.15, -0.1) is 0 Å². The number of hydrogen-bond donors (Lipinski definition) is 1. The summed E-state index contributed by atoms with van der Waals surface area (Å²) in [5, 5.41) is 3.00. The Labute approximate surface area is 203 Å². The summed E-state index contributed by atoms with van der Waals surface area (Å²) in [6.07, 6.45) is 0. The minimum Gasteiger partial charge on any atom is -0.369 e. The molecule has 2 aliphatic heterocycles. The van der Waals surface area contributed by atoms with Gasteiger partial charge in [-0.1, -0.05) is 17.7 Å². The van der Waals surface area contributed by atoms with Crippen LogP contribution in [0.3, 0.4) is 0 Å². The van der Waals surface area contributed by atoms with Gasteiger partial charge in [0, 0.05) is 63.7 Å². The fraction of sp³-hybridized carbons (Fsp3) is 0.480. The second kappa shape index (κ2) is 10.4. The number of likely N-dealkylation sites (N-methyl/N-ethyl adjacent to an activating group) is 1. The number of anilines is 2. The molecule has 9 heteroatoms. The number of rotatable bonds is 6. The van der Waals surface area contributed by atoms with Crippen molar-refractivity contribution >= 4 is 27.3 Å². The minimum absolute atomic E-state index is 0.0819. The molecule has 2 aromatic carbocycles. The lowest BCUT2D eigenvalue weighted by atomic mass is 10.1. The highest BCUT2D eigenvalue weighted by Crippen LogP contribution is 2.25. The predicted octanol–water partition coefficient (Wildman–Crippen LogP) is 2.00. The molecule has 0 aromatic heterocycles. The monoisotopic (exact) mass is 485 g/mol. The summed E-state index contributed by atoms with van der Waals surface area (Å²) in [6.45, 7) is 10.2. The standard InChI is InChI=1S/C25H35N5O3S/c1-20-4-7-23(8-5-20)34(32,33)30-16-12-28(13-17-30)19-25(31)26-22-6-9-24(21(2)18-22)29-14-10-27(3)11-15-29/h4-9,18H,10-17,19H2,1-3H3,(H,26,31). The summed E-state index contributed by atoms with van der Waals surface area (Å²) < 4.78 is 27.3. The molecule has 4 rings (SSSR count). The van der Waals surface area contributed by atoms with Crippen LogP contribution in [-0.4, -0.2) is 94.4 Å². The molecule has 1 N–H and O–H groups in total. The van der Waals surface area contributed by atoms with Crippen LogP contribution in [0.4, 0.5) is 11.4 Å². The van der Waals surface area contributed by atoms with E-state index in [0.717, 1.165) is 43.0 Å². The predicted molar refractivity (Wildman–Crippen MR) is 136 cm³/mol. The quantitative estimate of drug-likeness (QED) is 0.675. The number of aryl methyl sites for hydroxylation is 2. The molecule has 1 amide bonds. The number of carbonyl (C=O) groups excluding carboxylic acids is 1. The molecular formula is C25H35N5O3S. The lowest BCUT2D eigenvalue weighted by molar-refractivity contribution is -0.117. The van der Waals surface area contributed by atoms with Gasteiger partial charge in [0.1, 0.15) is 0 Å². The van der Waals surface area contributed by atoms with Crippen LogP contribution in [0, 0.1) is 13.8 Å². The van der Waals surface area contributed by atoms with Crippen molar-refractivity contribution in [1.82, 2.24) is 14.1 Å². The zero-order valence-electron chi connectivity index (χ0n) is 20.3. The van der Waals surface area contributed by atoms with Gasteiger partial charge in [-0.25, -0.2) is 8.42 Å². The topological polar surface area (TPSA) is 76.2 Å². The zero-order chi connectivity index (χ0) is 24.3. The summed E-state index contributed by atoms with van der Waals surface area (Å²) >= 11 is 0. The highest BCUT2D eigenvalue weighted by atomic mass is 32.2. The van der Waals surface area contributed by atoms with Gasteiger partial charge in [-0.05, 0) is 56.8 Å². The molecular weight excluding hydrogens is 450 g/mol. The Morgan fingerprint density at radius 1 is 0.882 bits per heavy atom. The maximum atomic E-state index is 12.9. The largest absolute Gasteiger partial charge is 0.369 e. The van der Waals surface area contributed by atoms with Gasteiger partial charge in [0.2, 0.25) is 15.9 Å². The van der Waals surface area contributed by atoms with Gasteiger partial charge in [0.15, 0.2) is 0 Å².